The fourth-order valence-corrected chi connectivity index (χ4v) is 2.46. The van der Waals surface area contributed by atoms with E-state index in [0.29, 0.717) is 12.0 Å². The number of carbonyl (C=O) groups excluding carboxylic acids is 2. The van der Waals surface area contributed by atoms with Gasteiger partial charge in [-0.25, -0.2) is 0 Å². The quantitative estimate of drug-likeness (QED) is 0.908. The fraction of sp³-hybridized carbons (Fsp3) is 0.176. The van der Waals surface area contributed by atoms with Crippen molar-refractivity contribution in [3.63, 3.8) is 0 Å². The van der Waals surface area contributed by atoms with Gasteiger partial charge in [0.1, 0.15) is 0 Å². The van der Waals surface area contributed by atoms with E-state index in [-0.39, 0.29) is 17.9 Å². The van der Waals surface area contributed by atoms with Crippen LogP contribution in [0.15, 0.2) is 48.5 Å². The first-order valence-electron chi connectivity index (χ1n) is 6.92. The van der Waals surface area contributed by atoms with Crippen molar-refractivity contribution in [2.75, 3.05) is 5.32 Å². The average molecular weight is 280 g/mol. The van der Waals surface area contributed by atoms with Crippen LogP contribution in [0.1, 0.15) is 34.5 Å². The molecule has 0 aromatic heterocycles. The van der Waals surface area contributed by atoms with E-state index in [0.717, 1.165) is 16.8 Å². The highest BCUT2D eigenvalue weighted by Crippen LogP contribution is 2.24. The maximum atomic E-state index is 12.3. The first-order chi connectivity index (χ1) is 10.1. The molecule has 3 rings (SSSR count). The molecule has 1 atom stereocenters. The third-order valence-electron chi connectivity index (χ3n) is 3.64. The Morgan fingerprint density at radius 3 is 2.71 bits per heavy atom. The van der Waals surface area contributed by atoms with E-state index in [9.17, 15) is 9.59 Å². The molecule has 1 unspecified atom stereocenters. The van der Waals surface area contributed by atoms with Crippen molar-refractivity contribution >= 4 is 17.5 Å². The van der Waals surface area contributed by atoms with Crippen molar-refractivity contribution in [3.8, 4) is 0 Å². The number of carbonyl (C=O) groups is 2. The molecule has 0 aliphatic carbocycles. The highest BCUT2D eigenvalue weighted by molar-refractivity contribution is 6.02. The lowest BCUT2D eigenvalue weighted by molar-refractivity contribution is -0.115. The number of fused-ring (bicyclic) bond motifs is 1. The van der Waals surface area contributed by atoms with E-state index in [1.165, 1.54) is 0 Å². The summed E-state index contributed by atoms with van der Waals surface area (Å²) in [5, 5.41) is 5.72. The Morgan fingerprint density at radius 1 is 1.19 bits per heavy atom. The van der Waals surface area contributed by atoms with E-state index in [1.54, 1.807) is 12.1 Å². The highest BCUT2D eigenvalue weighted by atomic mass is 16.2. The molecule has 0 spiro atoms. The summed E-state index contributed by atoms with van der Waals surface area (Å²) in [5.41, 5.74) is 3.28. The highest BCUT2D eigenvalue weighted by Gasteiger charge is 2.19. The zero-order chi connectivity index (χ0) is 14.8. The summed E-state index contributed by atoms with van der Waals surface area (Å²) in [6, 6.07) is 15.0. The van der Waals surface area contributed by atoms with Gasteiger partial charge in [-0.05, 0) is 30.2 Å². The van der Waals surface area contributed by atoms with Crippen molar-refractivity contribution in [2.45, 2.75) is 19.4 Å². The molecular weight excluding hydrogens is 264 g/mol. The molecule has 1 aliphatic heterocycles. The first kappa shape index (κ1) is 13.4. The van der Waals surface area contributed by atoms with Crippen molar-refractivity contribution in [2.24, 2.45) is 0 Å². The number of hydrogen-bond donors (Lipinski definition) is 2. The molecule has 1 aliphatic rings. The number of anilines is 1. The van der Waals surface area contributed by atoms with E-state index in [4.69, 9.17) is 0 Å². The van der Waals surface area contributed by atoms with Crippen LogP contribution in [0.4, 0.5) is 5.69 Å². The van der Waals surface area contributed by atoms with Gasteiger partial charge in [-0.1, -0.05) is 36.4 Å². The lowest BCUT2D eigenvalue weighted by Gasteiger charge is -2.14. The zero-order valence-electron chi connectivity index (χ0n) is 11.7. The fourth-order valence-electron chi connectivity index (χ4n) is 2.46. The van der Waals surface area contributed by atoms with Crippen LogP contribution in [-0.4, -0.2) is 11.8 Å². The van der Waals surface area contributed by atoms with Crippen LogP contribution in [0, 0.1) is 0 Å². The SMILES string of the molecule is CC(NC(=O)c1ccc2c(c1)NC(=O)C2)c1ccccc1. The number of benzene rings is 2. The minimum atomic E-state index is -0.143. The van der Waals surface area contributed by atoms with Gasteiger partial charge in [-0.3, -0.25) is 9.59 Å². The minimum absolute atomic E-state index is 0.0276. The summed E-state index contributed by atoms with van der Waals surface area (Å²) in [6.07, 6.45) is 0.387. The number of nitrogens with one attached hydrogen (secondary N) is 2. The Labute approximate surface area is 123 Å². The third-order valence-corrected chi connectivity index (χ3v) is 3.64. The van der Waals surface area contributed by atoms with Gasteiger partial charge in [0.05, 0.1) is 12.5 Å². The average Bonchev–Trinajstić information content (AvgIpc) is 2.87. The molecule has 2 aromatic carbocycles. The molecule has 0 bridgehead atoms. The normalized spacial score (nSPS) is 14.2. The Hall–Kier alpha value is -2.62. The molecule has 2 aromatic rings. The molecule has 106 valence electrons. The summed E-state index contributed by atoms with van der Waals surface area (Å²) < 4.78 is 0. The minimum Gasteiger partial charge on any atom is -0.346 e. The van der Waals surface area contributed by atoms with Crippen LogP contribution in [0.2, 0.25) is 0 Å². The standard InChI is InChI=1S/C17H16N2O2/c1-11(12-5-3-2-4-6-12)18-17(21)14-8-7-13-10-16(20)19-15(13)9-14/h2-9,11H,10H2,1H3,(H,18,21)(H,19,20). The second-order valence-corrected chi connectivity index (χ2v) is 5.20. The molecule has 4 nitrogen and oxygen atoms in total. The van der Waals surface area contributed by atoms with Gasteiger partial charge in [0, 0.05) is 11.3 Å². The Balaban J connectivity index is 1.74. The maximum Gasteiger partial charge on any atom is 0.251 e. The summed E-state index contributed by atoms with van der Waals surface area (Å²) in [6.45, 7) is 1.95. The summed E-state index contributed by atoms with van der Waals surface area (Å²) >= 11 is 0. The van der Waals surface area contributed by atoms with Crippen LogP contribution in [0.25, 0.3) is 0 Å². The molecule has 0 saturated carbocycles. The van der Waals surface area contributed by atoms with Crippen LogP contribution in [0.5, 0.6) is 0 Å². The third kappa shape index (κ3) is 2.79. The summed E-state index contributed by atoms with van der Waals surface area (Å²) in [5.74, 6) is -0.171. The Bertz CT molecular complexity index is 695. The lowest BCUT2D eigenvalue weighted by atomic mass is 10.1. The molecule has 0 saturated heterocycles. The van der Waals surface area contributed by atoms with Gasteiger partial charge in [0.25, 0.3) is 5.91 Å². The monoisotopic (exact) mass is 280 g/mol. The van der Waals surface area contributed by atoms with Gasteiger partial charge in [0.2, 0.25) is 5.91 Å². The summed E-state index contributed by atoms with van der Waals surface area (Å²) in [7, 11) is 0. The number of hydrogen-bond acceptors (Lipinski definition) is 2. The molecule has 1 heterocycles. The predicted molar refractivity (Wildman–Crippen MR) is 81.1 cm³/mol. The van der Waals surface area contributed by atoms with Crippen molar-refractivity contribution in [1.82, 2.24) is 5.32 Å². The lowest BCUT2D eigenvalue weighted by Crippen LogP contribution is -2.26. The van der Waals surface area contributed by atoms with Gasteiger partial charge in [-0.15, -0.1) is 0 Å². The molecule has 0 fully saturated rings. The smallest absolute Gasteiger partial charge is 0.251 e. The second kappa shape index (κ2) is 5.40. The largest absolute Gasteiger partial charge is 0.346 e. The van der Waals surface area contributed by atoms with Crippen LogP contribution < -0.4 is 10.6 Å². The number of amides is 2. The van der Waals surface area contributed by atoms with E-state index in [1.807, 2.05) is 43.3 Å². The molecule has 4 heteroatoms. The number of rotatable bonds is 3. The topological polar surface area (TPSA) is 58.2 Å². The van der Waals surface area contributed by atoms with E-state index >= 15 is 0 Å². The van der Waals surface area contributed by atoms with Crippen LogP contribution >= 0.6 is 0 Å². The van der Waals surface area contributed by atoms with Crippen molar-refractivity contribution in [3.05, 3.63) is 65.2 Å². The van der Waals surface area contributed by atoms with Crippen LogP contribution in [0.3, 0.4) is 0 Å². The summed E-state index contributed by atoms with van der Waals surface area (Å²) in [4.78, 5) is 23.6. The molecular formula is C17H16N2O2. The Kier molecular flexibility index (Phi) is 3.44. The van der Waals surface area contributed by atoms with Gasteiger partial charge in [0.15, 0.2) is 0 Å². The van der Waals surface area contributed by atoms with E-state index in [2.05, 4.69) is 10.6 Å². The van der Waals surface area contributed by atoms with E-state index < -0.39 is 0 Å². The second-order valence-electron chi connectivity index (χ2n) is 5.20. The van der Waals surface area contributed by atoms with Gasteiger partial charge >= 0.3 is 0 Å². The first-order valence-corrected chi connectivity index (χ1v) is 6.92. The van der Waals surface area contributed by atoms with Gasteiger partial charge < -0.3 is 10.6 Å². The zero-order valence-corrected chi connectivity index (χ0v) is 11.7. The molecule has 0 radical (unpaired) electrons. The maximum absolute atomic E-state index is 12.3. The van der Waals surface area contributed by atoms with Crippen molar-refractivity contribution in [1.29, 1.82) is 0 Å². The van der Waals surface area contributed by atoms with Crippen LogP contribution in [-0.2, 0) is 11.2 Å². The predicted octanol–water partition coefficient (Wildman–Crippen LogP) is 2.67. The molecule has 2 N–H and O–H groups in total. The molecule has 21 heavy (non-hydrogen) atoms. The molecule has 2 amide bonds. The van der Waals surface area contributed by atoms with Crippen molar-refractivity contribution < 1.29 is 9.59 Å². The van der Waals surface area contributed by atoms with Gasteiger partial charge in [-0.2, -0.15) is 0 Å². The Morgan fingerprint density at radius 2 is 1.95 bits per heavy atom.